The highest BCUT2D eigenvalue weighted by atomic mass is 16.5. The van der Waals surface area contributed by atoms with Gasteiger partial charge in [0.2, 0.25) is 0 Å². The second-order valence-electron chi connectivity index (χ2n) is 7.45. The minimum absolute atomic E-state index is 0.141. The molecule has 0 aromatic heterocycles. The second kappa shape index (κ2) is 13.0. The van der Waals surface area contributed by atoms with Gasteiger partial charge < -0.3 is 35.0 Å². The van der Waals surface area contributed by atoms with Gasteiger partial charge in [-0.1, -0.05) is 25.3 Å². The summed E-state index contributed by atoms with van der Waals surface area (Å²) >= 11 is 0. The number of aliphatic hydroxyl groups excluding tert-OH is 3. The smallest absolute Gasteiger partial charge is 0.127 e. The summed E-state index contributed by atoms with van der Waals surface area (Å²) < 4.78 is 11.2. The van der Waals surface area contributed by atoms with E-state index in [1.807, 2.05) is 12.1 Å². The fraction of sp³-hybridized carbons (Fsp3) is 0.714. The topological polar surface area (TPSA) is 94.4 Å². The molecule has 1 heterocycles. The molecule has 0 aliphatic carbocycles. The molecule has 0 spiro atoms. The highest BCUT2D eigenvalue weighted by Crippen LogP contribution is 2.25. The Kier molecular flexibility index (Phi) is 10.6. The third kappa shape index (κ3) is 7.93. The van der Waals surface area contributed by atoms with Crippen LogP contribution in [0.15, 0.2) is 18.2 Å². The lowest BCUT2D eigenvalue weighted by Crippen LogP contribution is -2.37. The van der Waals surface area contributed by atoms with Crippen molar-refractivity contribution < 1.29 is 24.8 Å². The number of benzene rings is 1. The molecule has 7 heteroatoms. The van der Waals surface area contributed by atoms with Crippen molar-refractivity contribution in [1.29, 1.82) is 0 Å². The van der Waals surface area contributed by atoms with Gasteiger partial charge in [0, 0.05) is 24.7 Å². The molecule has 1 aromatic rings. The average Bonchev–Trinajstić information content (AvgIpc) is 2.69. The van der Waals surface area contributed by atoms with E-state index in [-0.39, 0.29) is 25.9 Å². The van der Waals surface area contributed by atoms with E-state index in [2.05, 4.69) is 10.2 Å². The Balaban J connectivity index is 1.90. The molecule has 1 atom stereocenters. The zero-order valence-electron chi connectivity index (χ0n) is 17.0. The van der Waals surface area contributed by atoms with E-state index in [9.17, 15) is 15.3 Å². The fourth-order valence-electron chi connectivity index (χ4n) is 3.42. The number of aliphatic hydroxyl groups is 3. The Morgan fingerprint density at radius 2 is 1.75 bits per heavy atom. The zero-order valence-corrected chi connectivity index (χ0v) is 17.0. The van der Waals surface area contributed by atoms with Crippen LogP contribution < -0.4 is 14.8 Å². The number of nitrogens with zero attached hydrogens (tertiary/aromatic N) is 1. The molecule has 0 saturated carbocycles. The van der Waals surface area contributed by atoms with Crippen LogP contribution in [-0.4, -0.2) is 78.9 Å². The van der Waals surface area contributed by atoms with E-state index in [1.54, 1.807) is 13.2 Å². The number of β-amino-alcohol motifs (C(OH)–C–C–N with tert-alkyl or cyclic N) is 1. The minimum Gasteiger partial charge on any atom is -0.497 e. The Morgan fingerprint density at radius 3 is 2.39 bits per heavy atom. The first kappa shape index (κ1) is 22.9. The maximum Gasteiger partial charge on any atom is 0.127 e. The van der Waals surface area contributed by atoms with Crippen LogP contribution in [0.25, 0.3) is 0 Å². The van der Waals surface area contributed by atoms with E-state index in [4.69, 9.17) is 9.47 Å². The molecule has 1 saturated heterocycles. The molecule has 0 amide bonds. The summed E-state index contributed by atoms with van der Waals surface area (Å²) in [7, 11) is 1.60. The summed E-state index contributed by atoms with van der Waals surface area (Å²) in [6, 6.07) is 5.14. The van der Waals surface area contributed by atoms with Gasteiger partial charge in [0.25, 0.3) is 0 Å². The van der Waals surface area contributed by atoms with Gasteiger partial charge in [-0.05, 0) is 32.0 Å². The maximum absolute atomic E-state index is 10.5. The van der Waals surface area contributed by atoms with E-state index in [0.29, 0.717) is 24.6 Å². The first-order valence-electron chi connectivity index (χ1n) is 10.3. The van der Waals surface area contributed by atoms with Gasteiger partial charge in [0.05, 0.1) is 26.4 Å². The number of methoxy groups -OCH3 is 1. The number of nitrogens with one attached hydrogen (secondary N) is 1. The molecule has 0 bridgehead atoms. The average molecular weight is 397 g/mol. The quantitative estimate of drug-likeness (QED) is 0.446. The molecule has 1 aromatic carbocycles. The molecule has 0 unspecified atom stereocenters. The van der Waals surface area contributed by atoms with Crippen molar-refractivity contribution in [1.82, 2.24) is 10.2 Å². The van der Waals surface area contributed by atoms with Crippen LogP contribution in [0, 0.1) is 0 Å². The van der Waals surface area contributed by atoms with Crippen molar-refractivity contribution in [2.24, 2.45) is 0 Å². The fourth-order valence-corrected chi connectivity index (χ4v) is 3.42. The third-order valence-corrected chi connectivity index (χ3v) is 5.15. The predicted molar refractivity (Wildman–Crippen MR) is 109 cm³/mol. The van der Waals surface area contributed by atoms with Crippen LogP contribution in [0.1, 0.15) is 37.7 Å². The van der Waals surface area contributed by atoms with Gasteiger partial charge >= 0.3 is 0 Å². The Morgan fingerprint density at radius 1 is 1.07 bits per heavy atom. The van der Waals surface area contributed by atoms with Crippen molar-refractivity contribution in [3.8, 4) is 11.5 Å². The molecular weight excluding hydrogens is 360 g/mol. The van der Waals surface area contributed by atoms with E-state index in [1.165, 1.54) is 32.1 Å². The number of likely N-dealkylation sites (tertiary alicyclic amines) is 1. The monoisotopic (exact) mass is 396 g/mol. The van der Waals surface area contributed by atoms with Gasteiger partial charge in [-0.2, -0.15) is 0 Å². The van der Waals surface area contributed by atoms with Crippen LogP contribution in [0.2, 0.25) is 0 Å². The Hall–Kier alpha value is -1.38. The number of ether oxygens (including phenoxy) is 2. The van der Waals surface area contributed by atoms with Crippen LogP contribution in [0.4, 0.5) is 0 Å². The molecule has 4 N–H and O–H groups in total. The molecule has 0 radical (unpaired) electrons. The first-order valence-corrected chi connectivity index (χ1v) is 10.3. The summed E-state index contributed by atoms with van der Waals surface area (Å²) in [5.74, 6) is 1.31. The van der Waals surface area contributed by atoms with Gasteiger partial charge in [-0.15, -0.1) is 0 Å². The molecular formula is C21H36N2O5. The van der Waals surface area contributed by atoms with Crippen molar-refractivity contribution in [2.75, 3.05) is 46.6 Å². The predicted octanol–water partition coefficient (Wildman–Crippen LogP) is 1.14. The lowest BCUT2D eigenvalue weighted by Gasteiger charge is -2.27. The second-order valence-corrected chi connectivity index (χ2v) is 7.45. The van der Waals surface area contributed by atoms with Crippen LogP contribution in [0.5, 0.6) is 11.5 Å². The van der Waals surface area contributed by atoms with Crippen molar-refractivity contribution >= 4 is 0 Å². The van der Waals surface area contributed by atoms with Crippen LogP contribution >= 0.6 is 0 Å². The van der Waals surface area contributed by atoms with E-state index in [0.717, 1.165) is 18.7 Å². The molecule has 1 aliphatic rings. The largest absolute Gasteiger partial charge is 0.497 e. The van der Waals surface area contributed by atoms with Gasteiger partial charge in [0.15, 0.2) is 0 Å². The maximum atomic E-state index is 10.5. The lowest BCUT2D eigenvalue weighted by molar-refractivity contribution is 0.0649. The highest BCUT2D eigenvalue weighted by Gasteiger charge is 2.15. The van der Waals surface area contributed by atoms with Crippen molar-refractivity contribution in [2.45, 2.75) is 50.8 Å². The van der Waals surface area contributed by atoms with Gasteiger partial charge in [0.1, 0.15) is 24.2 Å². The molecule has 160 valence electrons. The molecule has 1 aliphatic heterocycles. The van der Waals surface area contributed by atoms with E-state index >= 15 is 0 Å². The van der Waals surface area contributed by atoms with Gasteiger partial charge in [-0.3, -0.25) is 0 Å². The summed E-state index contributed by atoms with van der Waals surface area (Å²) in [5, 5.41) is 32.0. The first-order chi connectivity index (χ1) is 13.7. The summed E-state index contributed by atoms with van der Waals surface area (Å²) in [6.07, 6.45) is 5.68. The molecule has 7 nitrogen and oxygen atoms in total. The molecule has 2 rings (SSSR count). The Labute approximate surface area is 168 Å². The number of rotatable bonds is 11. The van der Waals surface area contributed by atoms with Crippen LogP contribution in [0.3, 0.4) is 0 Å². The zero-order chi connectivity index (χ0) is 20.2. The van der Waals surface area contributed by atoms with Gasteiger partial charge in [-0.25, -0.2) is 0 Å². The highest BCUT2D eigenvalue weighted by molar-refractivity contribution is 5.40. The standard InChI is InChI=1S/C21H36N2O5/c1-27-20-8-7-17(12-22-18(14-24)15-25)21(11-20)28-16-19(26)13-23-9-5-3-2-4-6-10-23/h7-8,11,18-19,22,24-26H,2-6,9-10,12-16H2,1H3/t19-/m1/s1. The SMILES string of the molecule is COc1ccc(CNC(CO)CO)c(OC[C@H](O)CN2CCCCCCC2)c1. The normalized spacial score (nSPS) is 17.2. The van der Waals surface area contributed by atoms with Crippen molar-refractivity contribution in [3.63, 3.8) is 0 Å². The molecule has 28 heavy (non-hydrogen) atoms. The van der Waals surface area contributed by atoms with Crippen molar-refractivity contribution in [3.05, 3.63) is 23.8 Å². The number of hydrogen-bond donors (Lipinski definition) is 4. The Bertz CT molecular complexity index is 546. The minimum atomic E-state index is -0.561. The summed E-state index contributed by atoms with van der Waals surface area (Å²) in [4.78, 5) is 2.33. The lowest BCUT2D eigenvalue weighted by atomic mass is 10.1. The van der Waals surface area contributed by atoms with E-state index < -0.39 is 6.10 Å². The summed E-state index contributed by atoms with van der Waals surface area (Å²) in [5.41, 5.74) is 0.881. The third-order valence-electron chi connectivity index (χ3n) is 5.15. The van der Waals surface area contributed by atoms with Crippen LogP contribution in [-0.2, 0) is 6.54 Å². The number of hydrogen-bond acceptors (Lipinski definition) is 7. The molecule has 1 fully saturated rings. The summed E-state index contributed by atoms with van der Waals surface area (Å²) in [6.45, 7) is 3.06.